The summed E-state index contributed by atoms with van der Waals surface area (Å²) < 4.78 is 5.30. The molecule has 1 amide bonds. The fraction of sp³-hybridized carbons (Fsp3) is 0.0435. The predicted molar refractivity (Wildman–Crippen MR) is 112 cm³/mol. The second kappa shape index (κ2) is 8.31. The molecule has 0 radical (unpaired) electrons. The smallest absolute Gasteiger partial charge is 0.277 e. The van der Waals surface area contributed by atoms with Gasteiger partial charge in [0.25, 0.3) is 5.91 Å². The summed E-state index contributed by atoms with van der Waals surface area (Å²) in [5, 5.41) is 15.0. The number of hydrogen-bond acceptors (Lipinski definition) is 5. The second-order valence-corrected chi connectivity index (χ2v) is 6.48. The highest BCUT2D eigenvalue weighted by molar-refractivity contribution is 6.03. The number of nitrogens with zero attached hydrogens (tertiary/aromatic N) is 3. The lowest BCUT2D eigenvalue weighted by Gasteiger charge is -2.02. The van der Waals surface area contributed by atoms with Gasteiger partial charge in [-0.2, -0.15) is 10.2 Å². The molecule has 0 unspecified atom stereocenters. The zero-order valence-corrected chi connectivity index (χ0v) is 15.7. The first-order valence-electron chi connectivity index (χ1n) is 9.09. The molecular formula is C23H18N4O2. The van der Waals surface area contributed by atoms with E-state index in [-0.39, 0.29) is 11.6 Å². The zero-order chi connectivity index (χ0) is 20.1. The van der Waals surface area contributed by atoms with Crippen LogP contribution in [0.2, 0.25) is 0 Å². The van der Waals surface area contributed by atoms with Gasteiger partial charge in [-0.05, 0) is 43.3 Å². The monoisotopic (exact) mass is 382 g/mol. The molecule has 0 spiro atoms. The minimum absolute atomic E-state index is 0.216. The van der Waals surface area contributed by atoms with Crippen LogP contribution in [0, 0.1) is 6.92 Å². The van der Waals surface area contributed by atoms with E-state index in [0.29, 0.717) is 17.1 Å². The van der Waals surface area contributed by atoms with Crippen molar-refractivity contribution in [2.45, 2.75) is 6.92 Å². The van der Waals surface area contributed by atoms with Gasteiger partial charge in [-0.1, -0.05) is 53.2 Å². The Hall–Kier alpha value is -4.06. The Morgan fingerprint density at radius 2 is 1.52 bits per heavy atom. The fourth-order valence-electron chi connectivity index (χ4n) is 2.65. The van der Waals surface area contributed by atoms with Gasteiger partial charge in [-0.25, -0.2) is 0 Å². The summed E-state index contributed by atoms with van der Waals surface area (Å²) in [5.41, 5.74) is 4.34. The Balaban J connectivity index is 1.41. The molecule has 29 heavy (non-hydrogen) atoms. The van der Waals surface area contributed by atoms with Crippen molar-refractivity contribution in [1.82, 2.24) is 5.16 Å². The largest absolute Gasteiger partial charge is 0.355 e. The van der Waals surface area contributed by atoms with Crippen LogP contribution in [0.1, 0.15) is 16.1 Å². The van der Waals surface area contributed by atoms with Crippen LogP contribution in [0.3, 0.4) is 0 Å². The molecule has 0 aliphatic carbocycles. The molecule has 6 nitrogen and oxygen atoms in total. The van der Waals surface area contributed by atoms with E-state index in [0.717, 1.165) is 16.8 Å². The van der Waals surface area contributed by atoms with Crippen molar-refractivity contribution < 1.29 is 9.32 Å². The summed E-state index contributed by atoms with van der Waals surface area (Å²) in [6.07, 6.45) is 0. The predicted octanol–water partition coefficient (Wildman–Crippen LogP) is 6.32. The number of aryl methyl sites for hydroxylation is 1. The molecule has 3 aromatic carbocycles. The summed E-state index contributed by atoms with van der Waals surface area (Å²) in [4.78, 5) is 12.4. The number of rotatable bonds is 5. The molecule has 4 aromatic rings. The van der Waals surface area contributed by atoms with E-state index < -0.39 is 0 Å². The van der Waals surface area contributed by atoms with E-state index >= 15 is 0 Å². The number of carbonyl (C=O) groups excluding carboxylic acids is 1. The molecule has 0 aliphatic heterocycles. The molecule has 0 atom stereocenters. The van der Waals surface area contributed by atoms with Gasteiger partial charge >= 0.3 is 0 Å². The Morgan fingerprint density at radius 1 is 0.862 bits per heavy atom. The van der Waals surface area contributed by atoms with E-state index in [1.54, 1.807) is 30.3 Å². The lowest BCUT2D eigenvalue weighted by atomic mass is 10.1. The molecular weight excluding hydrogens is 364 g/mol. The minimum atomic E-state index is -0.342. The van der Waals surface area contributed by atoms with Crippen molar-refractivity contribution in [3.63, 3.8) is 0 Å². The van der Waals surface area contributed by atoms with E-state index in [2.05, 4.69) is 20.7 Å². The summed E-state index contributed by atoms with van der Waals surface area (Å²) in [5.74, 6) is 0.206. The van der Waals surface area contributed by atoms with Crippen molar-refractivity contribution in [2.24, 2.45) is 10.2 Å². The molecule has 0 fully saturated rings. The second-order valence-electron chi connectivity index (χ2n) is 6.48. The highest BCUT2D eigenvalue weighted by Crippen LogP contribution is 2.23. The van der Waals surface area contributed by atoms with Crippen molar-refractivity contribution in [2.75, 3.05) is 5.32 Å². The normalized spacial score (nSPS) is 10.9. The molecule has 0 saturated heterocycles. The number of hydrogen-bond donors (Lipinski definition) is 1. The maximum atomic E-state index is 12.4. The summed E-state index contributed by atoms with van der Waals surface area (Å²) >= 11 is 0. The van der Waals surface area contributed by atoms with Crippen LogP contribution in [-0.2, 0) is 0 Å². The van der Waals surface area contributed by atoms with Gasteiger partial charge in [-0.15, -0.1) is 0 Å². The number of carbonyl (C=O) groups is 1. The summed E-state index contributed by atoms with van der Waals surface area (Å²) in [6, 6.07) is 26.0. The van der Waals surface area contributed by atoms with Gasteiger partial charge in [0.2, 0.25) is 0 Å². The number of amides is 1. The number of azo groups is 1. The molecule has 6 heteroatoms. The quantitative estimate of drug-likeness (QED) is 0.410. The van der Waals surface area contributed by atoms with Crippen LogP contribution in [0.5, 0.6) is 0 Å². The van der Waals surface area contributed by atoms with Crippen LogP contribution in [0.4, 0.5) is 17.1 Å². The number of anilines is 1. The first-order valence-corrected chi connectivity index (χ1v) is 9.09. The molecule has 0 saturated carbocycles. The number of aromatic nitrogens is 1. The number of nitrogens with one attached hydrogen (secondary N) is 1. The van der Waals surface area contributed by atoms with Crippen molar-refractivity contribution in [3.8, 4) is 11.3 Å². The molecule has 1 N–H and O–H groups in total. The zero-order valence-electron chi connectivity index (χ0n) is 15.7. The maximum Gasteiger partial charge on any atom is 0.277 e. The average Bonchev–Trinajstić information content (AvgIpc) is 3.25. The minimum Gasteiger partial charge on any atom is -0.355 e. The maximum absolute atomic E-state index is 12.4. The van der Waals surface area contributed by atoms with Crippen molar-refractivity contribution >= 4 is 23.0 Å². The van der Waals surface area contributed by atoms with Crippen LogP contribution < -0.4 is 5.32 Å². The third-order valence-corrected chi connectivity index (χ3v) is 4.24. The lowest BCUT2D eigenvalue weighted by molar-refractivity contribution is 0.101. The topological polar surface area (TPSA) is 79.9 Å². The summed E-state index contributed by atoms with van der Waals surface area (Å²) in [7, 11) is 0. The third kappa shape index (κ3) is 4.62. The molecule has 0 bridgehead atoms. The van der Waals surface area contributed by atoms with E-state index in [4.69, 9.17) is 4.52 Å². The highest BCUT2D eigenvalue weighted by atomic mass is 16.5. The first-order chi connectivity index (χ1) is 14.2. The Morgan fingerprint density at radius 3 is 2.21 bits per heavy atom. The van der Waals surface area contributed by atoms with Gasteiger partial charge < -0.3 is 9.84 Å². The highest BCUT2D eigenvalue weighted by Gasteiger charge is 2.14. The Bertz CT molecular complexity index is 1130. The number of benzene rings is 3. The van der Waals surface area contributed by atoms with Crippen molar-refractivity contribution in [1.29, 1.82) is 0 Å². The van der Waals surface area contributed by atoms with Gasteiger partial charge in [0.05, 0.1) is 11.4 Å². The van der Waals surface area contributed by atoms with Gasteiger partial charge in [0.1, 0.15) is 0 Å². The standard InChI is InChI=1S/C23H18N4O2/c1-16-7-9-17(10-8-16)22-15-21(27-29-22)23(28)24-18-11-13-20(14-12-18)26-25-19-5-3-2-4-6-19/h2-15H,1H3,(H,24,28). The molecule has 4 rings (SSSR count). The SMILES string of the molecule is Cc1ccc(-c2cc(C(=O)Nc3ccc(N=Nc4ccccc4)cc3)no2)cc1. The van der Waals surface area contributed by atoms with Crippen LogP contribution in [-0.4, -0.2) is 11.1 Å². The van der Waals surface area contributed by atoms with Crippen LogP contribution in [0.15, 0.2) is 99.7 Å². The lowest BCUT2D eigenvalue weighted by Crippen LogP contribution is -2.11. The van der Waals surface area contributed by atoms with E-state index in [9.17, 15) is 4.79 Å². The van der Waals surface area contributed by atoms with Gasteiger partial charge in [0.15, 0.2) is 11.5 Å². The summed E-state index contributed by atoms with van der Waals surface area (Å²) in [6.45, 7) is 2.01. The van der Waals surface area contributed by atoms with Gasteiger partial charge in [0, 0.05) is 17.3 Å². The van der Waals surface area contributed by atoms with Crippen LogP contribution >= 0.6 is 0 Å². The van der Waals surface area contributed by atoms with E-state index in [1.165, 1.54) is 0 Å². The van der Waals surface area contributed by atoms with Gasteiger partial charge in [-0.3, -0.25) is 4.79 Å². The molecule has 0 aliphatic rings. The fourth-order valence-corrected chi connectivity index (χ4v) is 2.65. The third-order valence-electron chi connectivity index (χ3n) is 4.24. The Labute approximate surface area is 167 Å². The molecule has 1 heterocycles. The molecule has 1 aromatic heterocycles. The average molecular weight is 382 g/mol. The Kier molecular flexibility index (Phi) is 5.25. The molecule has 142 valence electrons. The first kappa shape index (κ1) is 18.3. The van der Waals surface area contributed by atoms with Crippen LogP contribution in [0.25, 0.3) is 11.3 Å². The van der Waals surface area contributed by atoms with E-state index in [1.807, 2.05) is 61.5 Å². The van der Waals surface area contributed by atoms with Crippen molar-refractivity contribution in [3.05, 3.63) is 96.2 Å².